The van der Waals surface area contributed by atoms with Crippen molar-refractivity contribution in [2.45, 2.75) is 19.8 Å². The summed E-state index contributed by atoms with van der Waals surface area (Å²) < 4.78 is 9.79. The minimum Gasteiger partial charge on any atom is -0.463 e. The molecule has 4 nitrogen and oxygen atoms in total. The summed E-state index contributed by atoms with van der Waals surface area (Å²) in [5, 5.41) is 0.583. The van der Waals surface area contributed by atoms with Crippen molar-refractivity contribution in [2.24, 2.45) is 0 Å². The van der Waals surface area contributed by atoms with Crippen LogP contribution in [0.5, 0.6) is 5.75 Å². The van der Waals surface area contributed by atoms with Gasteiger partial charge in [-0.3, -0.25) is 0 Å². The molecule has 0 aliphatic rings. The summed E-state index contributed by atoms with van der Waals surface area (Å²) >= 11 is 17.4. The van der Waals surface area contributed by atoms with Crippen LogP contribution in [0.1, 0.15) is 19.8 Å². The molecule has 0 aliphatic carbocycles. The minimum atomic E-state index is -0.775. The highest BCUT2D eigenvalue weighted by atomic mass is 35.5. The molecule has 0 atom stereocenters. The maximum Gasteiger partial charge on any atom is 0.336 e. The summed E-state index contributed by atoms with van der Waals surface area (Å²) in [4.78, 5) is 22.8. The number of unbranched alkanes of at least 4 members (excludes halogenated alkanes) is 1. The van der Waals surface area contributed by atoms with E-state index in [4.69, 9.17) is 44.3 Å². The zero-order valence-corrected chi connectivity index (χ0v) is 13.5. The summed E-state index contributed by atoms with van der Waals surface area (Å²) in [5.41, 5.74) is 0. The van der Waals surface area contributed by atoms with Gasteiger partial charge in [0.1, 0.15) is 0 Å². The summed E-state index contributed by atoms with van der Waals surface area (Å²) in [6.45, 7) is 2.29. The predicted octanol–water partition coefficient (Wildman–Crippen LogP) is 4.45. The molecular formula is C14H13Cl3O4. The first-order valence-corrected chi connectivity index (χ1v) is 7.28. The molecule has 0 heterocycles. The van der Waals surface area contributed by atoms with Gasteiger partial charge in [-0.05, 0) is 12.5 Å². The van der Waals surface area contributed by atoms with Crippen LogP contribution >= 0.6 is 34.8 Å². The van der Waals surface area contributed by atoms with Crippen molar-refractivity contribution < 1.29 is 19.1 Å². The van der Waals surface area contributed by atoms with Crippen molar-refractivity contribution >= 4 is 46.7 Å². The Morgan fingerprint density at radius 3 is 2.33 bits per heavy atom. The van der Waals surface area contributed by atoms with Crippen LogP contribution in [0.2, 0.25) is 15.1 Å². The van der Waals surface area contributed by atoms with Gasteiger partial charge in [0.05, 0.1) is 21.7 Å². The van der Waals surface area contributed by atoms with Crippen LogP contribution in [-0.2, 0) is 14.3 Å². The van der Waals surface area contributed by atoms with Crippen molar-refractivity contribution in [3.63, 3.8) is 0 Å². The van der Waals surface area contributed by atoms with E-state index >= 15 is 0 Å². The summed E-state index contributed by atoms with van der Waals surface area (Å²) in [5.74, 6) is -1.33. The zero-order valence-electron chi connectivity index (χ0n) is 11.2. The number of esters is 2. The third-order valence-corrected chi connectivity index (χ3v) is 3.30. The molecule has 0 N–H and O–H groups in total. The number of halogens is 3. The summed E-state index contributed by atoms with van der Waals surface area (Å²) in [6.07, 6.45) is 3.62. The largest absolute Gasteiger partial charge is 0.463 e. The van der Waals surface area contributed by atoms with Gasteiger partial charge in [0.25, 0.3) is 0 Å². The van der Waals surface area contributed by atoms with Gasteiger partial charge in [0, 0.05) is 18.2 Å². The van der Waals surface area contributed by atoms with Gasteiger partial charge in [-0.25, -0.2) is 9.59 Å². The zero-order chi connectivity index (χ0) is 15.8. The molecule has 0 radical (unpaired) electrons. The highest BCUT2D eigenvalue weighted by Crippen LogP contribution is 2.33. The minimum absolute atomic E-state index is 0.0556. The van der Waals surface area contributed by atoms with Crippen molar-refractivity contribution in [1.82, 2.24) is 0 Å². The van der Waals surface area contributed by atoms with Gasteiger partial charge >= 0.3 is 11.9 Å². The topological polar surface area (TPSA) is 52.6 Å². The maximum absolute atomic E-state index is 11.5. The second kappa shape index (κ2) is 8.93. The molecule has 114 valence electrons. The molecule has 0 fully saturated rings. The number of ether oxygens (including phenoxy) is 2. The van der Waals surface area contributed by atoms with Gasteiger partial charge < -0.3 is 9.47 Å². The lowest BCUT2D eigenvalue weighted by Crippen LogP contribution is -2.07. The number of carbonyl (C=O) groups is 2. The fraction of sp³-hybridized carbons (Fsp3) is 0.286. The molecule has 0 spiro atoms. The standard InChI is InChI=1S/C14H13Cl3O4/c1-2-3-6-20-13(18)4-5-14(19)21-12-8-10(16)9(15)7-11(12)17/h4-5,7-8H,2-3,6H2,1H3/b5-4+. The smallest absolute Gasteiger partial charge is 0.336 e. The number of benzene rings is 1. The molecular weight excluding hydrogens is 339 g/mol. The van der Waals surface area contributed by atoms with Crippen molar-refractivity contribution in [1.29, 1.82) is 0 Å². The van der Waals surface area contributed by atoms with Crippen LogP contribution < -0.4 is 4.74 Å². The van der Waals surface area contributed by atoms with E-state index in [0.717, 1.165) is 25.0 Å². The first kappa shape index (κ1) is 17.8. The average molecular weight is 352 g/mol. The Bertz CT molecular complexity index is 555. The molecule has 21 heavy (non-hydrogen) atoms. The maximum atomic E-state index is 11.5. The van der Waals surface area contributed by atoms with E-state index in [9.17, 15) is 9.59 Å². The van der Waals surface area contributed by atoms with Crippen LogP contribution in [0.4, 0.5) is 0 Å². The van der Waals surface area contributed by atoms with E-state index in [1.54, 1.807) is 0 Å². The number of rotatable bonds is 6. The monoisotopic (exact) mass is 350 g/mol. The summed E-state index contributed by atoms with van der Waals surface area (Å²) in [7, 11) is 0. The second-order valence-electron chi connectivity index (χ2n) is 3.97. The van der Waals surface area contributed by atoms with E-state index in [0.29, 0.717) is 6.61 Å². The Kier molecular flexibility index (Phi) is 7.57. The summed E-state index contributed by atoms with van der Waals surface area (Å²) in [6, 6.07) is 2.67. The lowest BCUT2D eigenvalue weighted by molar-refractivity contribution is -0.138. The van der Waals surface area contributed by atoms with Gasteiger partial charge in [-0.1, -0.05) is 48.1 Å². The molecule has 0 unspecified atom stereocenters. The highest BCUT2D eigenvalue weighted by Gasteiger charge is 2.10. The van der Waals surface area contributed by atoms with Crippen molar-refractivity contribution in [3.8, 4) is 5.75 Å². The fourth-order valence-corrected chi connectivity index (χ4v) is 1.80. The van der Waals surface area contributed by atoms with Crippen LogP contribution in [0.25, 0.3) is 0 Å². The van der Waals surface area contributed by atoms with E-state index in [-0.39, 0.29) is 20.8 Å². The molecule has 1 aromatic carbocycles. The van der Waals surface area contributed by atoms with Gasteiger partial charge in [0.15, 0.2) is 5.75 Å². The lowest BCUT2D eigenvalue weighted by Gasteiger charge is -2.05. The SMILES string of the molecule is CCCCOC(=O)/C=C/C(=O)Oc1cc(Cl)c(Cl)cc1Cl. The van der Waals surface area contributed by atoms with Crippen molar-refractivity contribution in [3.05, 3.63) is 39.4 Å². The van der Waals surface area contributed by atoms with E-state index < -0.39 is 11.9 Å². The quantitative estimate of drug-likeness (QED) is 0.250. The van der Waals surface area contributed by atoms with Gasteiger partial charge in [0.2, 0.25) is 0 Å². The van der Waals surface area contributed by atoms with Gasteiger partial charge in [-0.2, -0.15) is 0 Å². The van der Waals surface area contributed by atoms with Crippen molar-refractivity contribution in [2.75, 3.05) is 6.61 Å². The Labute approximate surface area is 137 Å². The Morgan fingerprint density at radius 2 is 1.67 bits per heavy atom. The second-order valence-corrected chi connectivity index (χ2v) is 5.19. The molecule has 0 bridgehead atoms. The Balaban J connectivity index is 2.58. The first-order valence-electron chi connectivity index (χ1n) is 6.15. The molecule has 0 amide bonds. The van der Waals surface area contributed by atoms with E-state index in [1.165, 1.54) is 12.1 Å². The number of hydrogen-bond donors (Lipinski definition) is 0. The Hall–Kier alpha value is -1.23. The molecule has 1 rings (SSSR count). The molecule has 7 heteroatoms. The molecule has 0 aliphatic heterocycles. The van der Waals surface area contributed by atoms with Crippen LogP contribution in [0.15, 0.2) is 24.3 Å². The molecule has 0 saturated heterocycles. The van der Waals surface area contributed by atoms with E-state index in [1.807, 2.05) is 6.92 Å². The third kappa shape index (κ3) is 6.38. The lowest BCUT2D eigenvalue weighted by atomic mass is 10.3. The number of hydrogen-bond acceptors (Lipinski definition) is 4. The molecule has 0 aromatic heterocycles. The molecule has 0 saturated carbocycles. The predicted molar refractivity (Wildman–Crippen MR) is 82.1 cm³/mol. The van der Waals surface area contributed by atoms with Crippen LogP contribution in [0.3, 0.4) is 0 Å². The average Bonchev–Trinajstić information content (AvgIpc) is 2.43. The van der Waals surface area contributed by atoms with Crippen LogP contribution in [0, 0.1) is 0 Å². The fourth-order valence-electron chi connectivity index (χ4n) is 1.23. The highest BCUT2D eigenvalue weighted by molar-refractivity contribution is 6.43. The Morgan fingerprint density at radius 1 is 1.05 bits per heavy atom. The van der Waals surface area contributed by atoms with Crippen LogP contribution in [-0.4, -0.2) is 18.5 Å². The first-order chi connectivity index (χ1) is 9.93. The number of carbonyl (C=O) groups excluding carboxylic acids is 2. The van der Waals surface area contributed by atoms with Gasteiger partial charge in [-0.15, -0.1) is 0 Å². The van der Waals surface area contributed by atoms with E-state index in [2.05, 4.69) is 0 Å². The normalized spacial score (nSPS) is 10.7. The molecule has 1 aromatic rings. The third-order valence-electron chi connectivity index (χ3n) is 2.28.